The van der Waals surface area contributed by atoms with Gasteiger partial charge in [-0.15, -0.1) is 5.10 Å². The van der Waals surface area contributed by atoms with Crippen LogP contribution in [-0.2, 0) is 0 Å². The number of hydrogen-bond acceptors (Lipinski definition) is 3. The molecular weight excluding hydrogens is 276 g/mol. The third kappa shape index (κ3) is 3.35. The molecule has 1 fully saturated rings. The Bertz CT molecular complexity index is 617. The summed E-state index contributed by atoms with van der Waals surface area (Å²) in [7, 11) is 1.86. The third-order valence-electron chi connectivity index (χ3n) is 4.34. The molecule has 0 N–H and O–H groups in total. The molecule has 1 saturated carbocycles. The van der Waals surface area contributed by atoms with Gasteiger partial charge >= 0.3 is 0 Å². The molecule has 1 aliphatic rings. The van der Waals surface area contributed by atoms with E-state index in [-0.39, 0.29) is 5.91 Å². The van der Waals surface area contributed by atoms with Gasteiger partial charge < -0.3 is 4.90 Å². The van der Waals surface area contributed by atoms with E-state index < -0.39 is 0 Å². The molecule has 116 valence electrons. The lowest BCUT2D eigenvalue weighted by atomic mass is 9.89. The predicted molar refractivity (Wildman–Crippen MR) is 84.9 cm³/mol. The number of nitrogens with zero attached hydrogens (tertiary/aromatic N) is 4. The standard InChI is InChI=1S/C17H22N4O/c1-20(12-14-8-4-2-5-9-14)17(22)16-13-21(19-18-16)15-10-6-3-7-11-15/h3,6-7,10-11,13-14H,2,4-5,8-9,12H2,1H3. The zero-order valence-electron chi connectivity index (χ0n) is 13.0. The number of para-hydroxylation sites is 1. The fraction of sp³-hybridized carbons (Fsp3) is 0.471. The highest BCUT2D eigenvalue weighted by atomic mass is 16.2. The molecule has 3 rings (SSSR count). The molecule has 0 unspecified atom stereocenters. The number of aromatic nitrogens is 3. The van der Waals surface area contributed by atoms with Gasteiger partial charge in [0.15, 0.2) is 5.69 Å². The van der Waals surface area contributed by atoms with Gasteiger partial charge in [0.25, 0.3) is 5.91 Å². The number of carbonyl (C=O) groups excluding carboxylic acids is 1. The van der Waals surface area contributed by atoms with Crippen LogP contribution < -0.4 is 0 Å². The summed E-state index contributed by atoms with van der Waals surface area (Å²) in [5.41, 5.74) is 1.31. The van der Waals surface area contributed by atoms with Crippen LogP contribution in [-0.4, -0.2) is 39.4 Å². The lowest BCUT2D eigenvalue weighted by Crippen LogP contribution is -2.32. The molecule has 1 aliphatic carbocycles. The second-order valence-corrected chi connectivity index (χ2v) is 6.07. The van der Waals surface area contributed by atoms with Crippen LogP contribution in [0.4, 0.5) is 0 Å². The minimum absolute atomic E-state index is 0.0484. The van der Waals surface area contributed by atoms with Crippen LogP contribution in [0.2, 0.25) is 0 Å². The van der Waals surface area contributed by atoms with Gasteiger partial charge in [0.1, 0.15) is 0 Å². The van der Waals surface area contributed by atoms with Gasteiger partial charge in [-0.3, -0.25) is 4.79 Å². The van der Waals surface area contributed by atoms with E-state index in [1.807, 2.05) is 37.4 Å². The highest BCUT2D eigenvalue weighted by Gasteiger charge is 2.21. The van der Waals surface area contributed by atoms with Crippen molar-refractivity contribution in [2.75, 3.05) is 13.6 Å². The first-order valence-corrected chi connectivity index (χ1v) is 7.97. The van der Waals surface area contributed by atoms with Gasteiger partial charge in [0.05, 0.1) is 11.9 Å². The van der Waals surface area contributed by atoms with Crippen molar-refractivity contribution in [3.8, 4) is 5.69 Å². The first-order valence-electron chi connectivity index (χ1n) is 7.97. The van der Waals surface area contributed by atoms with Gasteiger partial charge in [-0.1, -0.05) is 42.7 Å². The van der Waals surface area contributed by atoms with Crippen molar-refractivity contribution in [3.63, 3.8) is 0 Å². The molecule has 1 aromatic carbocycles. The van der Waals surface area contributed by atoms with Crippen molar-refractivity contribution in [1.82, 2.24) is 19.9 Å². The fourth-order valence-electron chi connectivity index (χ4n) is 3.10. The van der Waals surface area contributed by atoms with Crippen LogP contribution in [0.15, 0.2) is 36.5 Å². The monoisotopic (exact) mass is 298 g/mol. The Morgan fingerprint density at radius 3 is 2.68 bits per heavy atom. The van der Waals surface area contributed by atoms with E-state index in [0.717, 1.165) is 12.2 Å². The second-order valence-electron chi connectivity index (χ2n) is 6.07. The Balaban J connectivity index is 1.66. The topological polar surface area (TPSA) is 51.0 Å². The average molecular weight is 298 g/mol. The Morgan fingerprint density at radius 1 is 1.23 bits per heavy atom. The summed E-state index contributed by atoms with van der Waals surface area (Å²) >= 11 is 0. The molecule has 5 heteroatoms. The van der Waals surface area contributed by atoms with Gasteiger partial charge in [0.2, 0.25) is 0 Å². The predicted octanol–water partition coefficient (Wildman–Crippen LogP) is 2.92. The molecule has 2 aromatic rings. The highest BCUT2D eigenvalue weighted by molar-refractivity contribution is 5.91. The van der Waals surface area contributed by atoms with E-state index in [2.05, 4.69) is 10.3 Å². The van der Waals surface area contributed by atoms with Crippen LogP contribution in [0.3, 0.4) is 0 Å². The molecule has 5 nitrogen and oxygen atoms in total. The molecule has 0 aliphatic heterocycles. The summed E-state index contributed by atoms with van der Waals surface area (Å²) in [5, 5.41) is 8.08. The maximum atomic E-state index is 12.5. The summed E-state index contributed by atoms with van der Waals surface area (Å²) in [4.78, 5) is 14.3. The minimum Gasteiger partial charge on any atom is -0.340 e. The molecule has 0 spiro atoms. The first kappa shape index (κ1) is 14.8. The van der Waals surface area contributed by atoms with Crippen LogP contribution in [0.25, 0.3) is 5.69 Å². The Labute approximate surface area is 130 Å². The number of rotatable bonds is 4. The Kier molecular flexibility index (Phi) is 4.51. The van der Waals surface area contributed by atoms with Crippen molar-refractivity contribution >= 4 is 5.91 Å². The van der Waals surface area contributed by atoms with Crippen molar-refractivity contribution in [3.05, 3.63) is 42.2 Å². The van der Waals surface area contributed by atoms with Gasteiger partial charge in [0, 0.05) is 13.6 Å². The molecular formula is C17H22N4O. The zero-order valence-corrected chi connectivity index (χ0v) is 13.0. The Morgan fingerprint density at radius 2 is 1.95 bits per heavy atom. The molecule has 0 saturated heterocycles. The first-order chi connectivity index (χ1) is 10.7. The molecule has 0 bridgehead atoms. The average Bonchev–Trinajstić information content (AvgIpc) is 3.06. The van der Waals surface area contributed by atoms with Crippen LogP contribution >= 0.6 is 0 Å². The Hall–Kier alpha value is -2.17. The third-order valence-corrected chi connectivity index (χ3v) is 4.34. The van der Waals surface area contributed by atoms with Gasteiger partial charge in [-0.05, 0) is 30.9 Å². The summed E-state index contributed by atoms with van der Waals surface area (Å²) < 4.78 is 1.64. The van der Waals surface area contributed by atoms with Gasteiger partial charge in [-0.25, -0.2) is 4.68 Å². The van der Waals surface area contributed by atoms with Crippen molar-refractivity contribution in [2.24, 2.45) is 5.92 Å². The number of amides is 1. The molecule has 0 atom stereocenters. The van der Waals surface area contributed by atoms with E-state index in [1.165, 1.54) is 32.1 Å². The zero-order chi connectivity index (χ0) is 15.4. The lowest BCUT2D eigenvalue weighted by Gasteiger charge is -2.26. The summed E-state index contributed by atoms with van der Waals surface area (Å²) in [5.74, 6) is 0.583. The molecule has 0 radical (unpaired) electrons. The minimum atomic E-state index is -0.0484. The summed E-state index contributed by atoms with van der Waals surface area (Å²) in [6.07, 6.45) is 8.07. The lowest BCUT2D eigenvalue weighted by molar-refractivity contribution is 0.0754. The molecule has 1 heterocycles. The molecule has 22 heavy (non-hydrogen) atoms. The van der Waals surface area contributed by atoms with Crippen LogP contribution in [0.5, 0.6) is 0 Å². The van der Waals surface area contributed by atoms with Crippen LogP contribution in [0, 0.1) is 5.92 Å². The number of carbonyl (C=O) groups is 1. The van der Waals surface area contributed by atoms with Gasteiger partial charge in [-0.2, -0.15) is 0 Å². The van der Waals surface area contributed by atoms with Crippen molar-refractivity contribution in [2.45, 2.75) is 32.1 Å². The summed E-state index contributed by atoms with van der Waals surface area (Å²) in [6.45, 7) is 0.816. The van der Waals surface area contributed by atoms with E-state index in [0.29, 0.717) is 11.6 Å². The van der Waals surface area contributed by atoms with E-state index in [4.69, 9.17) is 0 Å². The normalized spacial score (nSPS) is 15.7. The SMILES string of the molecule is CN(CC1CCCCC1)C(=O)c1cn(-c2ccccc2)nn1. The maximum Gasteiger partial charge on any atom is 0.275 e. The fourth-order valence-corrected chi connectivity index (χ4v) is 3.10. The summed E-state index contributed by atoms with van der Waals surface area (Å²) in [6, 6.07) is 9.70. The number of benzene rings is 1. The maximum absolute atomic E-state index is 12.5. The highest BCUT2D eigenvalue weighted by Crippen LogP contribution is 2.24. The molecule has 1 aromatic heterocycles. The van der Waals surface area contributed by atoms with Crippen molar-refractivity contribution in [1.29, 1.82) is 0 Å². The molecule has 1 amide bonds. The van der Waals surface area contributed by atoms with E-state index in [9.17, 15) is 4.79 Å². The second kappa shape index (κ2) is 6.73. The largest absolute Gasteiger partial charge is 0.340 e. The number of hydrogen-bond donors (Lipinski definition) is 0. The quantitative estimate of drug-likeness (QED) is 0.872. The van der Waals surface area contributed by atoms with Crippen LogP contribution in [0.1, 0.15) is 42.6 Å². The smallest absolute Gasteiger partial charge is 0.275 e. The van der Waals surface area contributed by atoms with E-state index >= 15 is 0 Å². The van der Waals surface area contributed by atoms with E-state index in [1.54, 1.807) is 15.8 Å². The van der Waals surface area contributed by atoms with Crippen molar-refractivity contribution < 1.29 is 4.79 Å².